The highest BCUT2D eigenvalue weighted by Gasteiger charge is 2.73. The lowest BCUT2D eigenvalue weighted by Gasteiger charge is -2.62. The van der Waals surface area contributed by atoms with Gasteiger partial charge in [-0.25, -0.2) is 0 Å². The second-order valence-corrected chi connectivity index (χ2v) is 10.8. The Balaban J connectivity index is 1.56. The van der Waals surface area contributed by atoms with Gasteiger partial charge in [0, 0.05) is 30.6 Å². The molecule has 33 heavy (non-hydrogen) atoms. The summed E-state index contributed by atoms with van der Waals surface area (Å²) < 4.78 is 12.6. The van der Waals surface area contributed by atoms with Crippen LogP contribution in [-0.2, 0) is 21.4 Å². The summed E-state index contributed by atoms with van der Waals surface area (Å²) in [5.41, 5.74) is 0.624. The molecule has 0 aromatic heterocycles. The fourth-order valence-corrected chi connectivity index (χ4v) is 7.02. The van der Waals surface area contributed by atoms with Crippen LogP contribution >= 0.6 is 0 Å². The summed E-state index contributed by atoms with van der Waals surface area (Å²) in [5, 5.41) is 26.4. The molecule has 1 aromatic rings. The van der Waals surface area contributed by atoms with Crippen molar-refractivity contribution < 1.29 is 24.5 Å². The number of amides is 1. The zero-order valence-corrected chi connectivity index (χ0v) is 19.7. The van der Waals surface area contributed by atoms with E-state index in [4.69, 9.17) is 9.47 Å². The highest BCUT2D eigenvalue weighted by atomic mass is 16.5. The van der Waals surface area contributed by atoms with E-state index < -0.39 is 17.1 Å². The third-order valence-corrected chi connectivity index (χ3v) is 8.49. The first-order valence-corrected chi connectivity index (χ1v) is 12.4. The van der Waals surface area contributed by atoms with Gasteiger partial charge in [0.05, 0.1) is 23.2 Å². The third-order valence-electron chi connectivity index (χ3n) is 8.49. The molecule has 1 amide bonds. The molecule has 2 bridgehead atoms. The van der Waals surface area contributed by atoms with Crippen molar-refractivity contribution in [3.05, 3.63) is 34.6 Å². The molecule has 3 aliphatic carbocycles. The van der Waals surface area contributed by atoms with Crippen LogP contribution in [0.2, 0.25) is 0 Å². The normalized spacial score (nSPS) is 34.2. The molecule has 3 N–H and O–H groups in total. The van der Waals surface area contributed by atoms with Crippen molar-refractivity contribution in [2.24, 2.45) is 5.92 Å². The molecule has 5 aliphatic rings. The zero-order valence-electron chi connectivity index (χ0n) is 19.7. The first-order valence-electron chi connectivity index (χ1n) is 12.4. The summed E-state index contributed by atoms with van der Waals surface area (Å²) in [6.45, 7) is 8.01. The lowest BCUT2D eigenvalue weighted by atomic mass is 9.49. The second-order valence-electron chi connectivity index (χ2n) is 10.8. The van der Waals surface area contributed by atoms with E-state index in [0.29, 0.717) is 42.4 Å². The molecule has 2 heterocycles. The standard InChI is InChI=1S/C26H34N2O5/c1-4-32-21-17(24(30)27-14(2)3)12-26(31)19-11-16-7-8-18(29)22-20(16)25(26,23(21)33-22)9-10-28(19)13-15-5-6-15/h7-8,14-15,19,23,29,31H,4-6,9-13H2,1-3H3,(H,27,30)/t19-,23+,25+,26-/m1/s1. The van der Waals surface area contributed by atoms with Crippen molar-refractivity contribution in [1.29, 1.82) is 0 Å². The van der Waals surface area contributed by atoms with Crippen LogP contribution in [0.3, 0.4) is 0 Å². The number of ether oxygens (including phenoxy) is 2. The minimum Gasteiger partial charge on any atom is -0.504 e. The first-order chi connectivity index (χ1) is 15.8. The minimum absolute atomic E-state index is 0.0343. The number of aliphatic hydroxyl groups is 1. The Kier molecular flexibility index (Phi) is 4.60. The van der Waals surface area contributed by atoms with E-state index >= 15 is 0 Å². The van der Waals surface area contributed by atoms with E-state index in [-0.39, 0.29) is 30.2 Å². The maximum Gasteiger partial charge on any atom is 0.251 e. The fraction of sp³-hybridized carbons (Fsp3) is 0.654. The highest BCUT2D eigenvalue weighted by molar-refractivity contribution is 5.95. The second kappa shape index (κ2) is 7.12. The van der Waals surface area contributed by atoms with E-state index in [9.17, 15) is 15.0 Å². The van der Waals surface area contributed by atoms with Gasteiger partial charge in [-0.2, -0.15) is 0 Å². The van der Waals surface area contributed by atoms with E-state index in [1.807, 2.05) is 26.8 Å². The summed E-state index contributed by atoms with van der Waals surface area (Å²) >= 11 is 0. The Labute approximate surface area is 194 Å². The SMILES string of the molecule is CCOC1=C(C(=O)NC(C)C)C[C@@]2(O)[C@H]3Cc4ccc(O)c5c4[C@@]2(CCN3CC2CC2)[C@H]1O5. The van der Waals surface area contributed by atoms with Crippen molar-refractivity contribution in [3.63, 3.8) is 0 Å². The van der Waals surface area contributed by atoms with Crippen LogP contribution in [0.1, 0.15) is 57.6 Å². The number of carbonyl (C=O) groups excluding carboxylic acids is 1. The van der Waals surface area contributed by atoms with Crippen LogP contribution in [0.25, 0.3) is 0 Å². The molecule has 6 rings (SSSR count). The summed E-state index contributed by atoms with van der Waals surface area (Å²) in [4.78, 5) is 15.8. The number of rotatable bonds is 6. The summed E-state index contributed by atoms with van der Waals surface area (Å²) in [6, 6.07) is 3.54. The lowest BCUT2D eigenvalue weighted by Crippen LogP contribution is -2.76. The number of aromatic hydroxyl groups is 1. The summed E-state index contributed by atoms with van der Waals surface area (Å²) in [6.07, 6.45) is 3.49. The number of carbonyl (C=O) groups is 1. The number of benzene rings is 1. The highest BCUT2D eigenvalue weighted by Crippen LogP contribution is 2.66. The van der Waals surface area contributed by atoms with Gasteiger partial charge < -0.3 is 25.0 Å². The molecule has 4 atom stereocenters. The van der Waals surface area contributed by atoms with E-state index in [0.717, 1.165) is 24.2 Å². The molecule has 2 aliphatic heterocycles. The van der Waals surface area contributed by atoms with Gasteiger partial charge >= 0.3 is 0 Å². The summed E-state index contributed by atoms with van der Waals surface area (Å²) in [7, 11) is 0. The van der Waals surface area contributed by atoms with Crippen molar-refractivity contribution in [2.45, 2.75) is 82.1 Å². The number of nitrogens with zero attached hydrogens (tertiary/aromatic N) is 1. The topological polar surface area (TPSA) is 91.3 Å². The molecule has 1 aromatic carbocycles. The average molecular weight is 455 g/mol. The van der Waals surface area contributed by atoms with Crippen molar-refractivity contribution in [3.8, 4) is 11.5 Å². The largest absolute Gasteiger partial charge is 0.504 e. The maximum atomic E-state index is 13.3. The van der Waals surface area contributed by atoms with Gasteiger partial charge in [-0.1, -0.05) is 6.07 Å². The van der Waals surface area contributed by atoms with E-state index in [1.54, 1.807) is 6.07 Å². The third kappa shape index (κ3) is 2.78. The maximum absolute atomic E-state index is 13.3. The average Bonchev–Trinajstić information content (AvgIpc) is 3.50. The molecule has 0 unspecified atom stereocenters. The molecule has 1 saturated carbocycles. The quantitative estimate of drug-likeness (QED) is 0.612. The molecule has 1 spiro atoms. The number of nitrogens with one attached hydrogen (secondary N) is 1. The molecular weight excluding hydrogens is 420 g/mol. The molecule has 178 valence electrons. The van der Waals surface area contributed by atoms with Crippen LogP contribution in [-0.4, -0.2) is 64.5 Å². The molecule has 2 fully saturated rings. The predicted octanol–water partition coefficient (Wildman–Crippen LogP) is 2.38. The number of hydrogen-bond acceptors (Lipinski definition) is 6. The Morgan fingerprint density at radius 3 is 2.85 bits per heavy atom. The van der Waals surface area contributed by atoms with Gasteiger partial charge in [0.1, 0.15) is 5.76 Å². The predicted molar refractivity (Wildman–Crippen MR) is 122 cm³/mol. The molecule has 7 nitrogen and oxygen atoms in total. The number of phenols is 1. The monoisotopic (exact) mass is 454 g/mol. The van der Waals surface area contributed by atoms with E-state index in [1.165, 1.54) is 12.8 Å². The van der Waals surface area contributed by atoms with Crippen molar-refractivity contribution in [2.75, 3.05) is 19.7 Å². The van der Waals surface area contributed by atoms with Gasteiger partial charge in [0.2, 0.25) is 0 Å². The Hall–Kier alpha value is -2.25. The smallest absolute Gasteiger partial charge is 0.251 e. The number of likely N-dealkylation sites (tertiary alicyclic amines) is 1. The number of piperidine rings is 1. The van der Waals surface area contributed by atoms with Crippen LogP contribution in [0.4, 0.5) is 0 Å². The fourth-order valence-electron chi connectivity index (χ4n) is 7.02. The van der Waals surface area contributed by atoms with Crippen LogP contribution in [0.15, 0.2) is 23.5 Å². The van der Waals surface area contributed by atoms with Crippen LogP contribution in [0, 0.1) is 5.92 Å². The number of phenolic OH excluding ortho intramolecular Hbond substituents is 1. The zero-order chi connectivity index (χ0) is 23.1. The number of hydrogen-bond donors (Lipinski definition) is 3. The first kappa shape index (κ1) is 21.3. The summed E-state index contributed by atoms with van der Waals surface area (Å²) in [5.74, 6) is 1.55. The van der Waals surface area contributed by atoms with Crippen LogP contribution < -0.4 is 10.1 Å². The van der Waals surface area contributed by atoms with Gasteiger partial charge in [0.25, 0.3) is 5.91 Å². The molecule has 0 radical (unpaired) electrons. The molecular formula is C26H34N2O5. The molecule has 7 heteroatoms. The van der Waals surface area contributed by atoms with E-state index in [2.05, 4.69) is 10.2 Å². The van der Waals surface area contributed by atoms with Gasteiger partial charge in [-0.15, -0.1) is 0 Å². The Morgan fingerprint density at radius 2 is 2.15 bits per heavy atom. The van der Waals surface area contributed by atoms with Gasteiger partial charge in [0.15, 0.2) is 17.6 Å². The van der Waals surface area contributed by atoms with Crippen LogP contribution in [0.5, 0.6) is 11.5 Å². The Bertz CT molecular complexity index is 1050. The lowest BCUT2D eigenvalue weighted by molar-refractivity contribution is -0.174. The van der Waals surface area contributed by atoms with Gasteiger partial charge in [-0.05, 0) is 70.5 Å². The Morgan fingerprint density at radius 1 is 1.36 bits per heavy atom. The minimum atomic E-state index is -1.18. The van der Waals surface area contributed by atoms with Crippen molar-refractivity contribution >= 4 is 5.91 Å². The molecule has 1 saturated heterocycles. The van der Waals surface area contributed by atoms with Crippen molar-refractivity contribution in [1.82, 2.24) is 10.2 Å². The van der Waals surface area contributed by atoms with Gasteiger partial charge in [-0.3, -0.25) is 9.69 Å².